The Morgan fingerprint density at radius 3 is 3.21 bits per heavy atom. The molecule has 2 heterocycles. The van der Waals surface area contributed by atoms with Crippen molar-refractivity contribution in [3.8, 4) is 0 Å². The Balaban J connectivity index is 2.03. The van der Waals surface area contributed by atoms with Gasteiger partial charge in [-0.3, -0.25) is 0 Å². The fourth-order valence-electron chi connectivity index (χ4n) is 1.25. The van der Waals surface area contributed by atoms with Gasteiger partial charge in [0.2, 0.25) is 0 Å². The fraction of sp³-hybridized carbons (Fsp3) is 0.333. The van der Waals surface area contributed by atoms with Crippen molar-refractivity contribution in [1.82, 2.24) is 20.3 Å². The highest BCUT2D eigenvalue weighted by Gasteiger charge is 2.00. The molecule has 0 saturated heterocycles. The molecule has 0 fully saturated rings. The highest BCUT2D eigenvalue weighted by atomic mass is 16.3. The quantitative estimate of drug-likeness (QED) is 0.772. The van der Waals surface area contributed by atoms with Gasteiger partial charge in [-0.2, -0.15) is 0 Å². The Morgan fingerprint density at radius 1 is 1.57 bits per heavy atom. The lowest BCUT2D eigenvalue weighted by atomic mass is 10.3. The average molecular weight is 192 g/mol. The molecule has 0 aliphatic heterocycles. The number of aromatic nitrogens is 3. The summed E-state index contributed by atoms with van der Waals surface area (Å²) in [5.41, 5.74) is 2.03. The molecule has 0 aromatic carbocycles. The molecule has 0 amide bonds. The SMILES string of the molecule is CNCc1cn(Cc2ccoc2)nn1. The lowest BCUT2D eigenvalue weighted by molar-refractivity contribution is 0.558. The summed E-state index contributed by atoms with van der Waals surface area (Å²) in [5.74, 6) is 0. The smallest absolute Gasteiger partial charge is 0.0964 e. The minimum absolute atomic E-state index is 0.702. The second-order valence-electron chi connectivity index (χ2n) is 3.07. The highest BCUT2D eigenvalue weighted by Crippen LogP contribution is 2.02. The van der Waals surface area contributed by atoms with Crippen LogP contribution in [0.3, 0.4) is 0 Å². The predicted molar refractivity (Wildman–Crippen MR) is 50.6 cm³/mol. The predicted octanol–water partition coefficient (Wildman–Crippen LogP) is 0.639. The lowest BCUT2D eigenvalue weighted by Crippen LogP contribution is -2.05. The Hall–Kier alpha value is -1.62. The van der Waals surface area contributed by atoms with Gasteiger partial charge < -0.3 is 9.73 Å². The molecule has 0 atom stereocenters. The van der Waals surface area contributed by atoms with E-state index in [1.165, 1.54) is 0 Å². The summed E-state index contributed by atoms with van der Waals surface area (Å²) in [6, 6.07) is 1.92. The number of rotatable bonds is 4. The monoisotopic (exact) mass is 192 g/mol. The third-order valence-corrected chi connectivity index (χ3v) is 1.87. The molecule has 2 rings (SSSR count). The maximum absolute atomic E-state index is 4.97. The summed E-state index contributed by atoms with van der Waals surface area (Å²) in [6.45, 7) is 1.44. The van der Waals surface area contributed by atoms with E-state index < -0.39 is 0 Å². The number of hydrogen-bond donors (Lipinski definition) is 1. The first kappa shape index (κ1) is 8.96. The Bertz CT molecular complexity index is 379. The molecule has 74 valence electrons. The van der Waals surface area contributed by atoms with E-state index >= 15 is 0 Å². The van der Waals surface area contributed by atoms with E-state index in [0.717, 1.165) is 17.8 Å². The van der Waals surface area contributed by atoms with Crippen LogP contribution in [0.15, 0.2) is 29.2 Å². The van der Waals surface area contributed by atoms with E-state index in [-0.39, 0.29) is 0 Å². The van der Waals surface area contributed by atoms with E-state index in [2.05, 4.69) is 15.6 Å². The average Bonchev–Trinajstić information content (AvgIpc) is 2.79. The summed E-state index contributed by atoms with van der Waals surface area (Å²) in [5, 5.41) is 11.0. The van der Waals surface area contributed by atoms with Gasteiger partial charge in [-0.25, -0.2) is 4.68 Å². The van der Waals surface area contributed by atoms with Crippen molar-refractivity contribution in [2.24, 2.45) is 0 Å². The molecule has 0 radical (unpaired) electrons. The molecule has 0 aliphatic rings. The standard InChI is InChI=1S/C9H12N4O/c1-10-4-9-6-13(12-11-9)5-8-2-3-14-7-8/h2-3,6-7,10H,4-5H2,1H3. The Labute approximate surface area is 81.7 Å². The minimum Gasteiger partial charge on any atom is -0.472 e. The van der Waals surface area contributed by atoms with Crippen LogP contribution < -0.4 is 5.32 Å². The van der Waals surface area contributed by atoms with Gasteiger partial charge in [-0.15, -0.1) is 5.10 Å². The zero-order valence-electron chi connectivity index (χ0n) is 7.97. The lowest BCUT2D eigenvalue weighted by Gasteiger charge is -1.94. The van der Waals surface area contributed by atoms with Crippen LogP contribution in [-0.2, 0) is 13.1 Å². The van der Waals surface area contributed by atoms with Crippen molar-refractivity contribution in [1.29, 1.82) is 0 Å². The van der Waals surface area contributed by atoms with Crippen molar-refractivity contribution >= 4 is 0 Å². The van der Waals surface area contributed by atoms with Gasteiger partial charge in [-0.05, 0) is 13.1 Å². The van der Waals surface area contributed by atoms with Gasteiger partial charge in [0, 0.05) is 12.1 Å². The fourth-order valence-corrected chi connectivity index (χ4v) is 1.25. The van der Waals surface area contributed by atoms with Gasteiger partial charge in [0.05, 0.1) is 31.0 Å². The summed E-state index contributed by atoms with van der Waals surface area (Å²) >= 11 is 0. The van der Waals surface area contributed by atoms with E-state index in [1.807, 2.05) is 19.3 Å². The molecule has 5 nitrogen and oxygen atoms in total. The van der Waals surface area contributed by atoms with Gasteiger partial charge in [0.25, 0.3) is 0 Å². The van der Waals surface area contributed by atoms with E-state index in [9.17, 15) is 0 Å². The number of hydrogen-bond acceptors (Lipinski definition) is 4. The van der Waals surface area contributed by atoms with Crippen molar-refractivity contribution in [3.05, 3.63) is 36.0 Å². The number of nitrogens with one attached hydrogen (secondary N) is 1. The first-order valence-electron chi connectivity index (χ1n) is 4.43. The van der Waals surface area contributed by atoms with Crippen LogP contribution in [0.25, 0.3) is 0 Å². The summed E-state index contributed by atoms with van der Waals surface area (Å²) in [6.07, 6.45) is 5.28. The molecule has 0 bridgehead atoms. The first-order valence-corrected chi connectivity index (χ1v) is 4.43. The molecule has 14 heavy (non-hydrogen) atoms. The van der Waals surface area contributed by atoms with Crippen molar-refractivity contribution in [2.45, 2.75) is 13.1 Å². The van der Waals surface area contributed by atoms with Crippen LogP contribution in [0.2, 0.25) is 0 Å². The topological polar surface area (TPSA) is 55.9 Å². The van der Waals surface area contributed by atoms with Crippen LogP contribution in [0.5, 0.6) is 0 Å². The van der Waals surface area contributed by atoms with Gasteiger partial charge in [0.15, 0.2) is 0 Å². The van der Waals surface area contributed by atoms with E-state index in [4.69, 9.17) is 4.42 Å². The zero-order valence-corrected chi connectivity index (χ0v) is 7.97. The van der Waals surface area contributed by atoms with Crippen molar-refractivity contribution in [3.63, 3.8) is 0 Å². The molecule has 1 N–H and O–H groups in total. The van der Waals surface area contributed by atoms with Crippen LogP contribution >= 0.6 is 0 Å². The number of furan rings is 1. The van der Waals surface area contributed by atoms with Gasteiger partial charge in [-0.1, -0.05) is 5.21 Å². The third kappa shape index (κ3) is 2.00. The Morgan fingerprint density at radius 2 is 2.50 bits per heavy atom. The molecule has 0 spiro atoms. The van der Waals surface area contributed by atoms with E-state index in [0.29, 0.717) is 6.54 Å². The Kier molecular flexibility index (Phi) is 2.60. The van der Waals surface area contributed by atoms with Gasteiger partial charge >= 0.3 is 0 Å². The maximum Gasteiger partial charge on any atom is 0.0964 e. The normalized spacial score (nSPS) is 10.6. The third-order valence-electron chi connectivity index (χ3n) is 1.87. The molecule has 2 aromatic rings. The highest BCUT2D eigenvalue weighted by molar-refractivity contribution is 5.06. The molecule has 0 saturated carbocycles. The van der Waals surface area contributed by atoms with Crippen LogP contribution in [0.1, 0.15) is 11.3 Å². The zero-order chi connectivity index (χ0) is 9.80. The number of nitrogens with zero attached hydrogens (tertiary/aromatic N) is 3. The summed E-state index contributed by atoms with van der Waals surface area (Å²) < 4.78 is 6.76. The van der Waals surface area contributed by atoms with Crippen molar-refractivity contribution < 1.29 is 4.42 Å². The molecule has 0 unspecified atom stereocenters. The largest absolute Gasteiger partial charge is 0.472 e. The van der Waals surface area contributed by atoms with Crippen molar-refractivity contribution in [2.75, 3.05) is 7.05 Å². The second-order valence-corrected chi connectivity index (χ2v) is 3.07. The van der Waals surface area contributed by atoms with E-state index in [1.54, 1.807) is 17.2 Å². The second kappa shape index (κ2) is 4.06. The first-order chi connectivity index (χ1) is 6.88. The van der Waals surface area contributed by atoms with Crippen LogP contribution in [0, 0.1) is 0 Å². The maximum atomic E-state index is 4.97. The summed E-state index contributed by atoms with van der Waals surface area (Å²) in [7, 11) is 1.88. The van der Waals surface area contributed by atoms with Crippen LogP contribution in [-0.4, -0.2) is 22.0 Å². The van der Waals surface area contributed by atoms with Crippen LogP contribution in [0.4, 0.5) is 0 Å². The summed E-state index contributed by atoms with van der Waals surface area (Å²) in [4.78, 5) is 0. The molecule has 5 heteroatoms. The molecular formula is C9H12N4O. The molecular weight excluding hydrogens is 180 g/mol. The minimum atomic E-state index is 0.702. The molecule has 2 aromatic heterocycles. The molecule has 0 aliphatic carbocycles. The van der Waals surface area contributed by atoms with Gasteiger partial charge in [0.1, 0.15) is 0 Å².